The van der Waals surface area contributed by atoms with Gasteiger partial charge in [-0.25, -0.2) is 0 Å². The number of benzene rings is 1. The molecule has 4 heteroatoms. The van der Waals surface area contributed by atoms with Gasteiger partial charge in [-0.05, 0) is 31.4 Å². The zero-order valence-corrected chi connectivity index (χ0v) is 9.32. The lowest BCUT2D eigenvalue weighted by atomic mass is 9.79. The Morgan fingerprint density at radius 1 is 1.27 bits per heavy atom. The standard InChI is InChI=1S/C11H15BO3/c1-11(2)8-14-12(15-11)9-4-6-10(13-3)7-5-9/h4-7H,8H2,1-3H3. The van der Waals surface area contributed by atoms with Gasteiger partial charge in [-0.3, -0.25) is 0 Å². The summed E-state index contributed by atoms with van der Waals surface area (Å²) in [6.07, 6.45) is 0. The normalized spacial score (nSPS) is 19.3. The van der Waals surface area contributed by atoms with Gasteiger partial charge in [0, 0.05) is 0 Å². The fraction of sp³-hybridized carbons (Fsp3) is 0.455. The molecule has 0 amide bonds. The van der Waals surface area contributed by atoms with E-state index in [1.165, 1.54) is 0 Å². The van der Waals surface area contributed by atoms with Crippen LogP contribution >= 0.6 is 0 Å². The summed E-state index contributed by atoms with van der Waals surface area (Å²) >= 11 is 0. The van der Waals surface area contributed by atoms with Gasteiger partial charge in [0.15, 0.2) is 0 Å². The highest BCUT2D eigenvalue weighted by molar-refractivity contribution is 6.61. The van der Waals surface area contributed by atoms with E-state index in [9.17, 15) is 0 Å². The van der Waals surface area contributed by atoms with Crippen LogP contribution in [0.2, 0.25) is 0 Å². The zero-order valence-electron chi connectivity index (χ0n) is 9.32. The van der Waals surface area contributed by atoms with Gasteiger partial charge in [-0.1, -0.05) is 12.1 Å². The second-order valence-corrected chi connectivity index (χ2v) is 4.29. The van der Waals surface area contributed by atoms with Crippen LogP contribution in [0.25, 0.3) is 0 Å². The average molecular weight is 206 g/mol. The van der Waals surface area contributed by atoms with Crippen LogP contribution in [0.3, 0.4) is 0 Å². The lowest BCUT2D eigenvalue weighted by Gasteiger charge is -2.15. The van der Waals surface area contributed by atoms with Crippen molar-refractivity contribution >= 4 is 12.6 Å². The Balaban J connectivity index is 2.11. The predicted molar refractivity (Wildman–Crippen MR) is 59.5 cm³/mol. The molecule has 0 radical (unpaired) electrons. The molecule has 1 fully saturated rings. The maximum Gasteiger partial charge on any atom is 0.494 e. The lowest BCUT2D eigenvalue weighted by Crippen LogP contribution is -2.34. The molecule has 1 heterocycles. The minimum Gasteiger partial charge on any atom is -0.497 e. The molecular weight excluding hydrogens is 191 g/mol. The summed E-state index contributed by atoms with van der Waals surface area (Å²) in [6, 6.07) is 7.75. The molecular formula is C11H15BO3. The first-order valence-corrected chi connectivity index (χ1v) is 5.04. The van der Waals surface area contributed by atoms with Crippen molar-refractivity contribution in [3.8, 4) is 5.75 Å². The van der Waals surface area contributed by atoms with Crippen LogP contribution in [-0.4, -0.2) is 26.4 Å². The minimum absolute atomic E-state index is 0.190. The fourth-order valence-corrected chi connectivity index (χ4v) is 1.56. The molecule has 0 spiro atoms. The summed E-state index contributed by atoms with van der Waals surface area (Å²) in [5, 5.41) is 0. The van der Waals surface area contributed by atoms with Crippen LogP contribution in [0, 0.1) is 0 Å². The smallest absolute Gasteiger partial charge is 0.494 e. The number of ether oxygens (including phenoxy) is 1. The Labute approximate surface area is 90.5 Å². The summed E-state index contributed by atoms with van der Waals surface area (Å²) in [5.74, 6) is 0.844. The molecule has 1 aromatic rings. The van der Waals surface area contributed by atoms with E-state index >= 15 is 0 Å². The lowest BCUT2D eigenvalue weighted by molar-refractivity contribution is 0.137. The van der Waals surface area contributed by atoms with Gasteiger partial charge in [0.25, 0.3) is 0 Å². The van der Waals surface area contributed by atoms with E-state index in [2.05, 4.69) is 0 Å². The first kappa shape index (κ1) is 10.5. The van der Waals surface area contributed by atoms with E-state index in [0.29, 0.717) is 6.61 Å². The SMILES string of the molecule is COc1ccc(B2OCC(C)(C)O2)cc1. The first-order chi connectivity index (χ1) is 7.11. The Hall–Kier alpha value is -0.995. The third-order valence-electron chi connectivity index (χ3n) is 2.40. The van der Waals surface area contributed by atoms with E-state index in [4.69, 9.17) is 14.0 Å². The van der Waals surface area contributed by atoms with E-state index in [0.717, 1.165) is 11.2 Å². The van der Waals surface area contributed by atoms with E-state index in [-0.39, 0.29) is 12.7 Å². The van der Waals surface area contributed by atoms with Crippen LogP contribution in [0.5, 0.6) is 5.75 Å². The molecule has 3 nitrogen and oxygen atoms in total. The Morgan fingerprint density at radius 3 is 2.40 bits per heavy atom. The molecule has 2 rings (SSSR count). The predicted octanol–water partition coefficient (Wildman–Crippen LogP) is 1.22. The van der Waals surface area contributed by atoms with Gasteiger partial charge in [-0.2, -0.15) is 0 Å². The highest BCUT2D eigenvalue weighted by Crippen LogP contribution is 2.19. The largest absolute Gasteiger partial charge is 0.497 e. The second kappa shape index (κ2) is 3.87. The number of rotatable bonds is 2. The first-order valence-electron chi connectivity index (χ1n) is 5.04. The molecule has 0 saturated carbocycles. The molecule has 1 aromatic carbocycles. The summed E-state index contributed by atoms with van der Waals surface area (Å²) in [5.41, 5.74) is 0.839. The van der Waals surface area contributed by atoms with Gasteiger partial charge in [0.1, 0.15) is 5.75 Å². The molecule has 1 aliphatic rings. The van der Waals surface area contributed by atoms with Crippen LogP contribution in [-0.2, 0) is 9.31 Å². The van der Waals surface area contributed by atoms with Gasteiger partial charge in [-0.15, -0.1) is 0 Å². The molecule has 80 valence electrons. The van der Waals surface area contributed by atoms with Crippen molar-refractivity contribution < 1.29 is 14.0 Å². The van der Waals surface area contributed by atoms with Crippen molar-refractivity contribution in [2.75, 3.05) is 13.7 Å². The zero-order chi connectivity index (χ0) is 10.9. The minimum atomic E-state index is -0.245. The summed E-state index contributed by atoms with van der Waals surface area (Å²) in [6.45, 7) is 4.68. The van der Waals surface area contributed by atoms with E-state index < -0.39 is 0 Å². The number of methoxy groups -OCH3 is 1. The second-order valence-electron chi connectivity index (χ2n) is 4.29. The van der Waals surface area contributed by atoms with Crippen molar-refractivity contribution in [3.05, 3.63) is 24.3 Å². The highest BCUT2D eigenvalue weighted by Gasteiger charge is 2.37. The van der Waals surface area contributed by atoms with Crippen LogP contribution in [0.15, 0.2) is 24.3 Å². The molecule has 0 unspecified atom stereocenters. The van der Waals surface area contributed by atoms with Crippen molar-refractivity contribution in [2.45, 2.75) is 19.4 Å². The molecule has 1 saturated heterocycles. The topological polar surface area (TPSA) is 27.7 Å². The maximum absolute atomic E-state index is 5.75. The average Bonchev–Trinajstić information content (AvgIpc) is 2.59. The number of hydrogen-bond acceptors (Lipinski definition) is 3. The fourth-order valence-electron chi connectivity index (χ4n) is 1.56. The molecule has 0 aliphatic carbocycles. The quantitative estimate of drug-likeness (QED) is 0.680. The molecule has 15 heavy (non-hydrogen) atoms. The van der Waals surface area contributed by atoms with Gasteiger partial charge in [0.2, 0.25) is 0 Å². The Bertz CT molecular complexity index is 334. The molecule has 0 N–H and O–H groups in total. The van der Waals surface area contributed by atoms with Crippen molar-refractivity contribution in [3.63, 3.8) is 0 Å². The highest BCUT2D eigenvalue weighted by atomic mass is 16.7. The summed E-state index contributed by atoms with van der Waals surface area (Å²) in [4.78, 5) is 0. The van der Waals surface area contributed by atoms with Crippen molar-refractivity contribution in [2.24, 2.45) is 0 Å². The Morgan fingerprint density at radius 2 is 1.93 bits per heavy atom. The number of hydrogen-bond donors (Lipinski definition) is 0. The van der Waals surface area contributed by atoms with Crippen LogP contribution in [0.1, 0.15) is 13.8 Å². The van der Waals surface area contributed by atoms with Crippen molar-refractivity contribution in [1.82, 2.24) is 0 Å². The van der Waals surface area contributed by atoms with Crippen molar-refractivity contribution in [1.29, 1.82) is 0 Å². The van der Waals surface area contributed by atoms with Crippen LogP contribution < -0.4 is 10.2 Å². The monoisotopic (exact) mass is 206 g/mol. The van der Waals surface area contributed by atoms with E-state index in [1.54, 1.807) is 7.11 Å². The third kappa shape index (κ3) is 2.33. The molecule has 0 atom stereocenters. The molecule has 0 aromatic heterocycles. The van der Waals surface area contributed by atoms with Gasteiger partial charge < -0.3 is 14.0 Å². The summed E-state index contributed by atoms with van der Waals surface area (Å²) < 4.78 is 16.4. The Kier molecular flexibility index (Phi) is 2.71. The van der Waals surface area contributed by atoms with Gasteiger partial charge >= 0.3 is 7.12 Å². The molecule has 1 aliphatic heterocycles. The third-order valence-corrected chi connectivity index (χ3v) is 2.40. The maximum atomic E-state index is 5.75. The van der Waals surface area contributed by atoms with Gasteiger partial charge in [0.05, 0.1) is 19.3 Å². The summed E-state index contributed by atoms with van der Waals surface area (Å²) in [7, 11) is 1.41. The molecule has 0 bridgehead atoms. The van der Waals surface area contributed by atoms with Crippen LogP contribution in [0.4, 0.5) is 0 Å². The van der Waals surface area contributed by atoms with E-state index in [1.807, 2.05) is 38.1 Å².